The molecule has 1 amide bonds. The summed E-state index contributed by atoms with van der Waals surface area (Å²) >= 11 is 0. The Morgan fingerprint density at radius 3 is 2.50 bits per heavy atom. The van der Waals surface area contributed by atoms with Crippen molar-refractivity contribution in [1.82, 2.24) is 15.1 Å². The van der Waals surface area contributed by atoms with Crippen LogP contribution in [0.4, 0.5) is 0 Å². The lowest BCUT2D eigenvalue weighted by Crippen LogP contribution is -2.27. The highest BCUT2D eigenvalue weighted by Crippen LogP contribution is 2.22. The second-order valence-corrected chi connectivity index (χ2v) is 6.65. The van der Waals surface area contributed by atoms with Crippen molar-refractivity contribution >= 4 is 11.9 Å². The molecule has 1 aromatic heterocycles. The standard InChI is InChI=1S/C22H23N3O3/c1-14-8-5-6-11-20(14)25-16(3)19(13-23-25)15(2)24-21(26)17-9-7-10-18(12-17)22(27)28-4/h5-13,15H,1-4H3,(H,24,26)/t15-/m1/s1. The van der Waals surface area contributed by atoms with E-state index in [1.54, 1.807) is 24.4 Å². The molecule has 0 spiro atoms. The Morgan fingerprint density at radius 1 is 1.07 bits per heavy atom. The lowest BCUT2D eigenvalue weighted by atomic mass is 10.1. The molecular weight excluding hydrogens is 354 g/mol. The highest BCUT2D eigenvalue weighted by Gasteiger charge is 2.18. The molecule has 0 aliphatic rings. The number of para-hydroxylation sites is 1. The Bertz CT molecular complexity index is 1020. The first-order chi connectivity index (χ1) is 13.4. The Labute approximate surface area is 164 Å². The highest BCUT2D eigenvalue weighted by atomic mass is 16.5. The molecule has 0 unspecified atom stereocenters. The number of hydrogen-bond acceptors (Lipinski definition) is 4. The summed E-state index contributed by atoms with van der Waals surface area (Å²) in [6.45, 7) is 5.93. The van der Waals surface area contributed by atoms with Crippen molar-refractivity contribution in [3.05, 3.63) is 82.7 Å². The molecule has 1 atom stereocenters. The van der Waals surface area contributed by atoms with Crippen LogP contribution in [0.1, 0.15) is 50.5 Å². The monoisotopic (exact) mass is 377 g/mol. The molecule has 0 saturated carbocycles. The fourth-order valence-corrected chi connectivity index (χ4v) is 3.15. The first-order valence-electron chi connectivity index (χ1n) is 9.02. The molecule has 2 aromatic carbocycles. The smallest absolute Gasteiger partial charge is 0.337 e. The first kappa shape index (κ1) is 19.4. The maximum atomic E-state index is 12.6. The van der Waals surface area contributed by atoms with E-state index in [1.165, 1.54) is 13.2 Å². The predicted molar refractivity (Wildman–Crippen MR) is 107 cm³/mol. The van der Waals surface area contributed by atoms with Crippen LogP contribution in [-0.2, 0) is 4.74 Å². The molecule has 28 heavy (non-hydrogen) atoms. The summed E-state index contributed by atoms with van der Waals surface area (Å²) in [7, 11) is 1.31. The van der Waals surface area contributed by atoms with Crippen molar-refractivity contribution in [3.8, 4) is 5.69 Å². The van der Waals surface area contributed by atoms with E-state index in [1.807, 2.05) is 49.7 Å². The van der Waals surface area contributed by atoms with Crippen molar-refractivity contribution in [1.29, 1.82) is 0 Å². The number of methoxy groups -OCH3 is 1. The molecule has 0 radical (unpaired) electrons. The third kappa shape index (κ3) is 3.81. The van der Waals surface area contributed by atoms with Gasteiger partial charge < -0.3 is 10.1 Å². The molecule has 1 heterocycles. The quantitative estimate of drug-likeness (QED) is 0.687. The molecule has 3 rings (SSSR count). The molecule has 0 fully saturated rings. The van der Waals surface area contributed by atoms with E-state index in [0.29, 0.717) is 11.1 Å². The molecule has 144 valence electrons. The van der Waals surface area contributed by atoms with Crippen molar-refractivity contribution in [2.75, 3.05) is 7.11 Å². The first-order valence-corrected chi connectivity index (χ1v) is 9.02. The Kier molecular flexibility index (Phi) is 5.59. The van der Waals surface area contributed by atoms with Gasteiger partial charge >= 0.3 is 5.97 Å². The maximum Gasteiger partial charge on any atom is 0.337 e. The van der Waals surface area contributed by atoms with Gasteiger partial charge in [-0.2, -0.15) is 5.10 Å². The number of carbonyl (C=O) groups excluding carboxylic acids is 2. The average molecular weight is 377 g/mol. The summed E-state index contributed by atoms with van der Waals surface area (Å²) in [4.78, 5) is 24.3. The number of esters is 1. The van der Waals surface area contributed by atoms with Crippen LogP contribution in [0.3, 0.4) is 0 Å². The van der Waals surface area contributed by atoms with Gasteiger partial charge in [0.15, 0.2) is 0 Å². The minimum Gasteiger partial charge on any atom is -0.465 e. The molecule has 1 N–H and O–H groups in total. The number of aromatic nitrogens is 2. The molecule has 0 aliphatic heterocycles. The Hall–Kier alpha value is -3.41. The van der Waals surface area contributed by atoms with E-state index < -0.39 is 5.97 Å². The number of nitrogens with one attached hydrogen (secondary N) is 1. The van der Waals surface area contributed by atoms with Crippen molar-refractivity contribution in [2.24, 2.45) is 0 Å². The summed E-state index contributed by atoms with van der Waals surface area (Å²) in [5.74, 6) is -0.737. The molecule has 0 saturated heterocycles. The van der Waals surface area contributed by atoms with Gasteiger partial charge in [-0.25, -0.2) is 9.48 Å². The van der Waals surface area contributed by atoms with Crippen LogP contribution in [0.2, 0.25) is 0 Å². The number of rotatable bonds is 5. The molecule has 6 heteroatoms. The van der Waals surface area contributed by atoms with Gasteiger partial charge in [-0.15, -0.1) is 0 Å². The number of carbonyl (C=O) groups is 2. The van der Waals surface area contributed by atoms with E-state index in [4.69, 9.17) is 4.74 Å². The zero-order valence-electron chi connectivity index (χ0n) is 16.4. The normalized spacial score (nSPS) is 11.7. The highest BCUT2D eigenvalue weighted by molar-refractivity contribution is 5.98. The van der Waals surface area contributed by atoms with Gasteiger partial charge in [0.25, 0.3) is 5.91 Å². The minimum absolute atomic E-state index is 0.243. The van der Waals surface area contributed by atoms with E-state index >= 15 is 0 Å². The Morgan fingerprint density at radius 2 is 1.79 bits per heavy atom. The number of benzene rings is 2. The Balaban J connectivity index is 1.80. The number of hydrogen-bond donors (Lipinski definition) is 1. The van der Waals surface area contributed by atoms with Crippen LogP contribution in [0.25, 0.3) is 5.69 Å². The van der Waals surface area contributed by atoms with Crippen molar-refractivity contribution in [2.45, 2.75) is 26.8 Å². The van der Waals surface area contributed by atoms with Gasteiger partial charge in [0.05, 0.1) is 30.6 Å². The summed E-state index contributed by atoms with van der Waals surface area (Å²) < 4.78 is 6.59. The average Bonchev–Trinajstić information content (AvgIpc) is 3.09. The summed E-state index contributed by atoms with van der Waals surface area (Å²) in [5.41, 5.74) is 4.77. The van der Waals surface area contributed by atoms with Crippen LogP contribution in [0, 0.1) is 13.8 Å². The van der Waals surface area contributed by atoms with E-state index in [-0.39, 0.29) is 11.9 Å². The molecular formula is C22H23N3O3. The van der Waals surface area contributed by atoms with Gasteiger partial charge in [0, 0.05) is 16.8 Å². The van der Waals surface area contributed by atoms with Crippen LogP contribution in [-0.4, -0.2) is 28.8 Å². The molecule has 3 aromatic rings. The fourth-order valence-electron chi connectivity index (χ4n) is 3.15. The molecule has 6 nitrogen and oxygen atoms in total. The van der Waals surface area contributed by atoms with E-state index in [0.717, 1.165) is 22.5 Å². The molecule has 0 aliphatic carbocycles. The van der Waals surface area contributed by atoms with Crippen LogP contribution in [0.5, 0.6) is 0 Å². The molecule has 0 bridgehead atoms. The second kappa shape index (κ2) is 8.08. The largest absolute Gasteiger partial charge is 0.465 e. The number of nitrogens with zero attached hydrogens (tertiary/aromatic N) is 2. The van der Waals surface area contributed by atoms with Gasteiger partial charge in [-0.05, 0) is 50.6 Å². The summed E-state index contributed by atoms with van der Waals surface area (Å²) in [5, 5.41) is 7.47. The van der Waals surface area contributed by atoms with Gasteiger partial charge in [-0.1, -0.05) is 24.3 Å². The lowest BCUT2D eigenvalue weighted by Gasteiger charge is -2.15. The SMILES string of the molecule is COC(=O)c1cccc(C(=O)N[C@H](C)c2cnn(-c3ccccc3C)c2C)c1. The summed E-state index contributed by atoms with van der Waals surface area (Å²) in [6, 6.07) is 14.2. The number of amides is 1. The lowest BCUT2D eigenvalue weighted by molar-refractivity contribution is 0.0600. The van der Waals surface area contributed by atoms with Gasteiger partial charge in [0.1, 0.15) is 0 Å². The zero-order valence-corrected chi connectivity index (χ0v) is 16.4. The second-order valence-electron chi connectivity index (χ2n) is 6.65. The van der Waals surface area contributed by atoms with Crippen LogP contribution >= 0.6 is 0 Å². The number of ether oxygens (including phenoxy) is 1. The maximum absolute atomic E-state index is 12.6. The summed E-state index contributed by atoms with van der Waals surface area (Å²) in [6.07, 6.45) is 1.78. The van der Waals surface area contributed by atoms with E-state index in [9.17, 15) is 9.59 Å². The van der Waals surface area contributed by atoms with Crippen molar-refractivity contribution < 1.29 is 14.3 Å². The van der Waals surface area contributed by atoms with Crippen LogP contribution in [0.15, 0.2) is 54.7 Å². The van der Waals surface area contributed by atoms with E-state index in [2.05, 4.69) is 10.4 Å². The van der Waals surface area contributed by atoms with Crippen LogP contribution < -0.4 is 5.32 Å². The predicted octanol–water partition coefficient (Wildman–Crippen LogP) is 3.77. The van der Waals surface area contributed by atoms with Gasteiger partial charge in [-0.3, -0.25) is 4.79 Å². The topological polar surface area (TPSA) is 73.2 Å². The van der Waals surface area contributed by atoms with Crippen molar-refractivity contribution in [3.63, 3.8) is 0 Å². The third-order valence-electron chi connectivity index (χ3n) is 4.75. The van der Waals surface area contributed by atoms with Gasteiger partial charge in [0.2, 0.25) is 0 Å². The fraction of sp³-hybridized carbons (Fsp3) is 0.227. The minimum atomic E-state index is -0.474. The third-order valence-corrected chi connectivity index (χ3v) is 4.75. The zero-order chi connectivity index (χ0) is 20.3. The number of aryl methyl sites for hydroxylation is 1.